The lowest BCUT2D eigenvalue weighted by Gasteiger charge is -2.41. The van der Waals surface area contributed by atoms with Gasteiger partial charge in [-0.1, -0.05) is 182 Å². The lowest BCUT2D eigenvalue weighted by atomic mass is 9.99. The molecule has 13 heteroatoms. The van der Waals surface area contributed by atoms with E-state index in [1.165, 1.54) is 70.6 Å². The minimum Gasteiger partial charge on any atom is -0.457 e. The van der Waals surface area contributed by atoms with Crippen molar-refractivity contribution in [1.29, 1.82) is 0 Å². The lowest BCUT2D eigenvalue weighted by molar-refractivity contribution is -0.301. The summed E-state index contributed by atoms with van der Waals surface area (Å²) in [5.74, 6) is -0.458. The summed E-state index contributed by atoms with van der Waals surface area (Å²) in [5.41, 5.74) is 0. The summed E-state index contributed by atoms with van der Waals surface area (Å²) < 4.78 is 59.1. The van der Waals surface area contributed by atoms with Crippen molar-refractivity contribution in [2.24, 2.45) is 0 Å². The summed E-state index contributed by atoms with van der Waals surface area (Å²) in [6, 6.07) is 0. The third-order valence-electron chi connectivity index (χ3n) is 10.5. The van der Waals surface area contributed by atoms with Gasteiger partial charge in [-0.3, -0.25) is 9.35 Å². The molecule has 1 saturated heterocycles. The van der Waals surface area contributed by atoms with Crippen LogP contribution in [0.5, 0.6) is 0 Å². The zero-order chi connectivity index (χ0) is 46.8. The van der Waals surface area contributed by atoms with Gasteiger partial charge in [0.1, 0.15) is 30.5 Å². The van der Waals surface area contributed by atoms with E-state index in [4.69, 9.17) is 18.9 Å². The Hall–Kier alpha value is -2.72. The van der Waals surface area contributed by atoms with Crippen LogP contribution in [-0.2, 0) is 38.3 Å². The van der Waals surface area contributed by atoms with Crippen LogP contribution in [0, 0.1) is 0 Å². The maximum absolute atomic E-state index is 12.9. The molecule has 4 N–H and O–H groups in total. The molecule has 1 heterocycles. The molecule has 0 aromatic carbocycles. The number of hydrogen-bond donors (Lipinski definition) is 4. The third-order valence-corrected chi connectivity index (χ3v) is 11.0. The van der Waals surface area contributed by atoms with Crippen LogP contribution in [0.1, 0.15) is 168 Å². The number of rotatable bonds is 41. The molecule has 0 saturated carbocycles. The molecule has 0 bridgehead atoms. The molecule has 1 aliphatic rings. The summed E-state index contributed by atoms with van der Waals surface area (Å²) in [4.78, 5) is 12.9. The largest absolute Gasteiger partial charge is 0.457 e. The van der Waals surface area contributed by atoms with Crippen molar-refractivity contribution in [2.45, 2.75) is 205 Å². The highest BCUT2D eigenvalue weighted by atomic mass is 32.3. The number of allylic oxidation sites excluding steroid dienone is 14. The molecule has 64 heavy (non-hydrogen) atoms. The second-order valence-electron chi connectivity index (χ2n) is 16.3. The maximum atomic E-state index is 12.9. The quantitative estimate of drug-likeness (QED) is 0.0198. The molecule has 0 aromatic rings. The van der Waals surface area contributed by atoms with E-state index in [2.05, 4.69) is 97.0 Å². The summed E-state index contributed by atoms with van der Waals surface area (Å²) in [7, 11) is -5.07. The molecule has 1 rings (SSSR count). The summed E-state index contributed by atoms with van der Waals surface area (Å²) >= 11 is 0. The fraction of sp³-hybridized carbons (Fsp3) is 0.706. The first-order valence-corrected chi connectivity index (χ1v) is 25.7. The number of ether oxygens (including phenoxy) is 4. The van der Waals surface area contributed by atoms with Crippen molar-refractivity contribution in [1.82, 2.24) is 0 Å². The van der Waals surface area contributed by atoms with Crippen LogP contribution >= 0.6 is 0 Å². The Morgan fingerprint density at radius 2 is 1.06 bits per heavy atom. The van der Waals surface area contributed by atoms with Crippen molar-refractivity contribution in [3.05, 3.63) is 85.1 Å². The normalized spacial score (nSPS) is 20.5. The van der Waals surface area contributed by atoms with Gasteiger partial charge < -0.3 is 34.3 Å². The molecule has 6 atom stereocenters. The van der Waals surface area contributed by atoms with E-state index in [0.29, 0.717) is 19.4 Å². The van der Waals surface area contributed by atoms with Gasteiger partial charge in [0.2, 0.25) is 0 Å². The smallest absolute Gasteiger partial charge is 0.397 e. The average molecular weight is 923 g/mol. The molecule has 1 aliphatic heterocycles. The van der Waals surface area contributed by atoms with E-state index in [9.17, 15) is 33.1 Å². The second kappa shape index (κ2) is 41.7. The molecule has 12 nitrogen and oxygen atoms in total. The van der Waals surface area contributed by atoms with Crippen molar-refractivity contribution in [3.8, 4) is 0 Å². The zero-order valence-corrected chi connectivity index (χ0v) is 40.1. The van der Waals surface area contributed by atoms with Crippen molar-refractivity contribution in [3.63, 3.8) is 0 Å². The lowest BCUT2D eigenvalue weighted by Crippen LogP contribution is -2.60. The Balaban J connectivity index is 2.44. The SMILES string of the molecule is CC/C=C\C/C=C\C/C=C\C/C=C\C/C=C\C/C=C\C/C=C\CCCC(=O)OC(COCCCCCCCCCCCCCCCC)COC1OC(CO)C(O)C(OS(=O)(=O)O)C1O. The van der Waals surface area contributed by atoms with E-state index in [1.54, 1.807) is 0 Å². The Labute approximate surface area is 387 Å². The summed E-state index contributed by atoms with van der Waals surface area (Å²) in [6.45, 7) is 3.80. The van der Waals surface area contributed by atoms with Gasteiger partial charge in [0.05, 0.1) is 19.8 Å². The van der Waals surface area contributed by atoms with E-state index in [0.717, 1.165) is 64.2 Å². The fourth-order valence-corrected chi connectivity index (χ4v) is 7.40. The molecule has 1 fully saturated rings. The van der Waals surface area contributed by atoms with Crippen LogP contribution in [0.15, 0.2) is 85.1 Å². The first-order chi connectivity index (χ1) is 31.1. The molecule has 6 unspecified atom stereocenters. The molecule has 368 valence electrons. The van der Waals surface area contributed by atoms with Crippen molar-refractivity contribution < 1.29 is 56.2 Å². The van der Waals surface area contributed by atoms with Gasteiger partial charge in [0, 0.05) is 13.0 Å². The number of carbonyl (C=O) groups is 1. The van der Waals surface area contributed by atoms with E-state index < -0.39 is 59.8 Å². The van der Waals surface area contributed by atoms with E-state index in [-0.39, 0.29) is 19.6 Å². The first kappa shape index (κ1) is 59.3. The Morgan fingerprint density at radius 3 is 1.52 bits per heavy atom. The minimum absolute atomic E-state index is 0.00978. The van der Waals surface area contributed by atoms with Gasteiger partial charge in [0.15, 0.2) is 6.29 Å². The van der Waals surface area contributed by atoms with Gasteiger partial charge >= 0.3 is 16.4 Å². The van der Waals surface area contributed by atoms with Gasteiger partial charge in [-0.25, -0.2) is 4.18 Å². The molecular formula is C51H86O12S. The highest BCUT2D eigenvalue weighted by Crippen LogP contribution is 2.26. The standard InChI is InChI=1S/C51H86O12S/c1-3-5-7-9-11-13-15-17-19-20-21-22-23-24-25-26-27-28-30-32-34-36-38-40-47(53)61-45(43-59-41-39-37-35-33-31-29-18-16-14-12-10-8-6-4-2)44-60-51-49(55)50(63-64(56,57)58)48(54)46(42-52)62-51/h5,7,11,13,17,19,21-22,24-25,27-28,32,34,45-46,48-52,54-55H,3-4,6,8-10,12,14-16,18,20,23,26,29-31,33,35-44H2,1-2H3,(H,56,57,58)/b7-5-,13-11-,19-17-,22-21-,25-24-,28-27-,34-32-. The summed E-state index contributed by atoms with van der Waals surface area (Å²) in [6.07, 6.45) is 46.2. The Bertz CT molecular complexity index is 1440. The topological polar surface area (TPSA) is 178 Å². The van der Waals surface area contributed by atoms with Crippen LogP contribution in [0.2, 0.25) is 0 Å². The molecule has 0 aliphatic carbocycles. The molecule has 0 amide bonds. The van der Waals surface area contributed by atoms with Gasteiger partial charge in [0.25, 0.3) is 0 Å². The highest BCUT2D eigenvalue weighted by Gasteiger charge is 2.48. The third kappa shape index (κ3) is 34.6. The van der Waals surface area contributed by atoms with E-state index >= 15 is 0 Å². The molecule has 0 radical (unpaired) electrons. The minimum atomic E-state index is -5.07. The van der Waals surface area contributed by atoms with Gasteiger partial charge in [-0.15, -0.1) is 0 Å². The highest BCUT2D eigenvalue weighted by molar-refractivity contribution is 7.80. The number of unbranched alkanes of at least 4 members (excludes halogenated alkanes) is 14. The van der Waals surface area contributed by atoms with Crippen molar-refractivity contribution in [2.75, 3.05) is 26.4 Å². The number of hydrogen-bond acceptors (Lipinski definition) is 11. The van der Waals surface area contributed by atoms with Crippen LogP contribution in [0.25, 0.3) is 0 Å². The number of aliphatic hydroxyl groups excluding tert-OH is 3. The van der Waals surface area contributed by atoms with E-state index in [1.807, 2.05) is 6.08 Å². The van der Waals surface area contributed by atoms with Gasteiger partial charge in [-0.05, 0) is 64.2 Å². The Morgan fingerprint density at radius 1 is 0.609 bits per heavy atom. The maximum Gasteiger partial charge on any atom is 0.397 e. The summed E-state index contributed by atoms with van der Waals surface area (Å²) in [5, 5.41) is 30.7. The average Bonchev–Trinajstić information content (AvgIpc) is 3.27. The number of carbonyl (C=O) groups excluding carboxylic acids is 1. The fourth-order valence-electron chi connectivity index (χ4n) is 6.90. The number of esters is 1. The predicted octanol–water partition coefficient (Wildman–Crippen LogP) is 10.9. The van der Waals surface area contributed by atoms with Crippen LogP contribution in [0.4, 0.5) is 0 Å². The van der Waals surface area contributed by atoms with Crippen LogP contribution < -0.4 is 0 Å². The van der Waals surface area contributed by atoms with Gasteiger partial charge in [-0.2, -0.15) is 8.42 Å². The number of aliphatic hydroxyl groups is 3. The van der Waals surface area contributed by atoms with Crippen LogP contribution in [-0.4, -0.2) is 97.5 Å². The first-order valence-electron chi connectivity index (χ1n) is 24.3. The Kier molecular flexibility index (Phi) is 38.6. The zero-order valence-electron chi connectivity index (χ0n) is 39.3. The molecule has 0 spiro atoms. The molecular weight excluding hydrogens is 837 g/mol. The van der Waals surface area contributed by atoms with Crippen LogP contribution in [0.3, 0.4) is 0 Å². The molecule has 0 aromatic heterocycles. The second-order valence-corrected chi connectivity index (χ2v) is 17.4. The predicted molar refractivity (Wildman–Crippen MR) is 257 cm³/mol. The monoisotopic (exact) mass is 923 g/mol. The van der Waals surface area contributed by atoms with Crippen molar-refractivity contribution >= 4 is 16.4 Å².